The van der Waals surface area contributed by atoms with Gasteiger partial charge in [-0.05, 0) is 35.7 Å². The Morgan fingerprint density at radius 3 is 2.71 bits per heavy atom. The molecule has 0 saturated carbocycles. The SMILES string of the molecule is CNc1nc(CSc2ccc(OC)cc2)nc2sccc12. The molecule has 2 aromatic heterocycles. The number of anilines is 1. The highest BCUT2D eigenvalue weighted by molar-refractivity contribution is 7.98. The molecule has 0 spiro atoms. The monoisotopic (exact) mass is 317 g/mol. The summed E-state index contributed by atoms with van der Waals surface area (Å²) in [5, 5.41) is 6.27. The second kappa shape index (κ2) is 6.32. The number of nitrogens with zero attached hydrogens (tertiary/aromatic N) is 2. The van der Waals surface area contributed by atoms with Crippen LogP contribution in [0.2, 0.25) is 0 Å². The second-order valence-electron chi connectivity index (χ2n) is 4.34. The van der Waals surface area contributed by atoms with Crippen LogP contribution >= 0.6 is 23.1 Å². The van der Waals surface area contributed by atoms with Crippen molar-refractivity contribution in [3.05, 3.63) is 41.5 Å². The van der Waals surface area contributed by atoms with Crippen molar-refractivity contribution in [2.75, 3.05) is 19.5 Å². The minimum absolute atomic E-state index is 0.745. The fraction of sp³-hybridized carbons (Fsp3) is 0.200. The Morgan fingerprint density at radius 1 is 1.19 bits per heavy atom. The zero-order valence-electron chi connectivity index (χ0n) is 11.8. The zero-order chi connectivity index (χ0) is 14.7. The van der Waals surface area contributed by atoms with E-state index < -0.39 is 0 Å². The highest BCUT2D eigenvalue weighted by atomic mass is 32.2. The molecule has 4 nitrogen and oxygen atoms in total. The van der Waals surface area contributed by atoms with Gasteiger partial charge in [0, 0.05) is 11.9 Å². The van der Waals surface area contributed by atoms with Crippen LogP contribution in [-0.2, 0) is 5.75 Å². The molecule has 1 aromatic carbocycles. The summed E-state index contributed by atoms with van der Waals surface area (Å²) in [4.78, 5) is 11.4. The number of thiophene rings is 1. The molecule has 6 heteroatoms. The highest BCUT2D eigenvalue weighted by Gasteiger charge is 2.08. The van der Waals surface area contributed by atoms with Crippen LogP contribution in [0.1, 0.15) is 5.82 Å². The molecule has 0 saturated heterocycles. The first-order valence-electron chi connectivity index (χ1n) is 6.49. The zero-order valence-corrected chi connectivity index (χ0v) is 13.4. The minimum atomic E-state index is 0.745. The maximum atomic E-state index is 5.16. The predicted octanol–water partition coefficient (Wildman–Crippen LogP) is 4.03. The normalized spacial score (nSPS) is 10.8. The van der Waals surface area contributed by atoms with Gasteiger partial charge in [0.05, 0.1) is 18.2 Å². The number of fused-ring (bicyclic) bond motifs is 1. The van der Waals surface area contributed by atoms with Crippen molar-refractivity contribution in [1.29, 1.82) is 0 Å². The molecule has 2 heterocycles. The number of benzene rings is 1. The van der Waals surface area contributed by atoms with Gasteiger partial charge in [0.2, 0.25) is 0 Å². The molecule has 21 heavy (non-hydrogen) atoms. The standard InChI is InChI=1S/C15H15N3OS2/c1-16-14-12-7-8-20-15(12)18-13(17-14)9-21-11-5-3-10(19-2)4-6-11/h3-8H,9H2,1-2H3,(H,16,17,18). The van der Waals surface area contributed by atoms with Crippen LogP contribution in [0, 0.1) is 0 Å². The first-order valence-corrected chi connectivity index (χ1v) is 8.35. The summed E-state index contributed by atoms with van der Waals surface area (Å²) in [6.45, 7) is 0. The lowest BCUT2D eigenvalue weighted by molar-refractivity contribution is 0.414. The highest BCUT2D eigenvalue weighted by Crippen LogP contribution is 2.28. The molecular weight excluding hydrogens is 302 g/mol. The van der Waals surface area contributed by atoms with Gasteiger partial charge in [-0.1, -0.05) is 0 Å². The molecule has 0 aliphatic heterocycles. The molecule has 0 unspecified atom stereocenters. The van der Waals surface area contributed by atoms with Gasteiger partial charge in [-0.3, -0.25) is 0 Å². The topological polar surface area (TPSA) is 47.0 Å². The molecule has 0 aliphatic carbocycles. The Morgan fingerprint density at radius 2 is 2.00 bits per heavy atom. The van der Waals surface area contributed by atoms with Crippen molar-refractivity contribution in [1.82, 2.24) is 9.97 Å². The van der Waals surface area contributed by atoms with Gasteiger partial charge in [0.1, 0.15) is 22.2 Å². The molecule has 0 amide bonds. The summed E-state index contributed by atoms with van der Waals surface area (Å²) in [7, 11) is 3.56. The van der Waals surface area contributed by atoms with Crippen molar-refractivity contribution in [2.24, 2.45) is 0 Å². The molecule has 0 aliphatic rings. The Labute approximate surface area is 131 Å². The van der Waals surface area contributed by atoms with Gasteiger partial charge in [-0.2, -0.15) is 0 Å². The van der Waals surface area contributed by atoms with Crippen molar-refractivity contribution in [2.45, 2.75) is 10.6 Å². The maximum absolute atomic E-state index is 5.16. The van der Waals surface area contributed by atoms with E-state index >= 15 is 0 Å². The number of hydrogen-bond acceptors (Lipinski definition) is 6. The molecule has 3 aromatic rings. The number of rotatable bonds is 5. The quantitative estimate of drug-likeness (QED) is 0.720. The first-order chi connectivity index (χ1) is 10.3. The third-order valence-electron chi connectivity index (χ3n) is 3.04. The van der Waals surface area contributed by atoms with Crippen molar-refractivity contribution in [3.63, 3.8) is 0 Å². The predicted molar refractivity (Wildman–Crippen MR) is 89.5 cm³/mol. The fourth-order valence-electron chi connectivity index (χ4n) is 1.97. The van der Waals surface area contributed by atoms with E-state index in [1.165, 1.54) is 4.90 Å². The van der Waals surface area contributed by atoms with Crippen molar-refractivity contribution >= 4 is 39.1 Å². The molecule has 108 valence electrons. The smallest absolute Gasteiger partial charge is 0.142 e. The van der Waals surface area contributed by atoms with Crippen LogP contribution in [0.15, 0.2) is 40.6 Å². The number of ether oxygens (including phenoxy) is 1. The molecule has 0 radical (unpaired) electrons. The number of thioether (sulfide) groups is 1. The van der Waals surface area contributed by atoms with Crippen LogP contribution < -0.4 is 10.1 Å². The average molecular weight is 317 g/mol. The van der Waals surface area contributed by atoms with E-state index in [1.54, 1.807) is 30.2 Å². The lowest BCUT2D eigenvalue weighted by atomic mass is 10.3. The summed E-state index contributed by atoms with van der Waals surface area (Å²) in [6.07, 6.45) is 0. The van der Waals surface area contributed by atoms with E-state index in [-0.39, 0.29) is 0 Å². The summed E-state index contributed by atoms with van der Waals surface area (Å²) in [5.41, 5.74) is 0. The maximum Gasteiger partial charge on any atom is 0.142 e. The van der Waals surface area contributed by atoms with E-state index in [1.807, 2.05) is 42.8 Å². The molecule has 3 rings (SSSR count). The molecule has 0 bridgehead atoms. The van der Waals surface area contributed by atoms with Crippen LogP contribution in [0.5, 0.6) is 5.75 Å². The fourth-order valence-corrected chi connectivity index (χ4v) is 3.51. The van der Waals surface area contributed by atoms with Gasteiger partial charge < -0.3 is 10.1 Å². The van der Waals surface area contributed by atoms with Gasteiger partial charge >= 0.3 is 0 Å². The van der Waals surface area contributed by atoms with E-state index in [0.29, 0.717) is 0 Å². The van der Waals surface area contributed by atoms with E-state index in [4.69, 9.17) is 4.74 Å². The van der Waals surface area contributed by atoms with Crippen molar-refractivity contribution in [3.8, 4) is 5.75 Å². The molecular formula is C15H15N3OS2. The minimum Gasteiger partial charge on any atom is -0.497 e. The van der Waals surface area contributed by atoms with Gasteiger partial charge in [-0.15, -0.1) is 23.1 Å². The Kier molecular flexibility index (Phi) is 4.26. The number of nitrogens with one attached hydrogen (secondary N) is 1. The van der Waals surface area contributed by atoms with E-state index in [0.717, 1.165) is 33.4 Å². The Balaban J connectivity index is 1.77. The van der Waals surface area contributed by atoms with Crippen molar-refractivity contribution < 1.29 is 4.74 Å². The Hall–Kier alpha value is -1.79. The lowest BCUT2D eigenvalue weighted by Crippen LogP contribution is -1.99. The third-order valence-corrected chi connectivity index (χ3v) is 4.85. The van der Waals surface area contributed by atoms with E-state index in [2.05, 4.69) is 15.3 Å². The van der Waals surface area contributed by atoms with Crippen LogP contribution in [0.3, 0.4) is 0 Å². The molecule has 0 fully saturated rings. The molecule has 0 atom stereocenters. The van der Waals surface area contributed by atoms with Gasteiger partial charge in [0.25, 0.3) is 0 Å². The summed E-state index contributed by atoms with van der Waals surface area (Å²) in [6, 6.07) is 10.1. The second-order valence-corrected chi connectivity index (χ2v) is 6.29. The summed E-state index contributed by atoms with van der Waals surface area (Å²) < 4.78 is 5.16. The lowest BCUT2D eigenvalue weighted by Gasteiger charge is -2.06. The first kappa shape index (κ1) is 14.2. The average Bonchev–Trinajstić information content (AvgIpc) is 3.01. The van der Waals surface area contributed by atoms with Gasteiger partial charge in [0.15, 0.2) is 0 Å². The summed E-state index contributed by atoms with van der Waals surface area (Å²) in [5.74, 6) is 3.35. The number of methoxy groups -OCH3 is 1. The number of hydrogen-bond donors (Lipinski definition) is 1. The third kappa shape index (κ3) is 3.11. The molecule has 1 N–H and O–H groups in total. The van der Waals surface area contributed by atoms with Crippen LogP contribution in [-0.4, -0.2) is 24.1 Å². The van der Waals surface area contributed by atoms with Crippen LogP contribution in [0.4, 0.5) is 5.82 Å². The van der Waals surface area contributed by atoms with E-state index in [9.17, 15) is 0 Å². The van der Waals surface area contributed by atoms with Crippen LogP contribution in [0.25, 0.3) is 10.2 Å². The van der Waals surface area contributed by atoms with Gasteiger partial charge in [-0.25, -0.2) is 9.97 Å². The largest absolute Gasteiger partial charge is 0.497 e. The summed E-state index contributed by atoms with van der Waals surface area (Å²) >= 11 is 3.36. The number of aromatic nitrogens is 2. The Bertz CT molecular complexity index is 740.